The molecule has 2 aromatic rings. The molecule has 0 spiro atoms. The maximum atomic E-state index is 9.61. The third kappa shape index (κ3) is 3.22. The first kappa shape index (κ1) is 14.4. The fraction of sp³-hybridized carbons (Fsp3) is 0.294. The molecule has 1 aliphatic rings. The Morgan fingerprint density at radius 3 is 2.95 bits per heavy atom. The van der Waals surface area contributed by atoms with Crippen molar-refractivity contribution in [2.45, 2.75) is 25.4 Å². The summed E-state index contributed by atoms with van der Waals surface area (Å²) >= 11 is 3.52. The highest BCUT2D eigenvalue weighted by atomic mass is 79.9. The Morgan fingerprint density at radius 2 is 2.14 bits per heavy atom. The van der Waals surface area contributed by atoms with Crippen LogP contribution in [0.1, 0.15) is 36.6 Å². The number of phenols is 1. The second-order valence-corrected chi connectivity index (χ2v) is 6.27. The van der Waals surface area contributed by atoms with Crippen LogP contribution in [0.25, 0.3) is 0 Å². The van der Waals surface area contributed by atoms with Crippen molar-refractivity contribution in [1.82, 2.24) is 5.32 Å². The first-order chi connectivity index (χ1) is 10.1. The summed E-state index contributed by atoms with van der Waals surface area (Å²) < 4.78 is 6.77. The first-order valence-corrected chi connectivity index (χ1v) is 7.90. The van der Waals surface area contributed by atoms with Crippen LogP contribution in [0.5, 0.6) is 11.5 Å². The Labute approximate surface area is 133 Å². The molecule has 1 aliphatic heterocycles. The maximum absolute atomic E-state index is 9.61. The molecule has 0 amide bonds. The lowest BCUT2D eigenvalue weighted by atomic mass is 9.98. The number of phenolic OH excluding ortho intramolecular Hbond substituents is 1. The number of benzene rings is 2. The van der Waals surface area contributed by atoms with Crippen LogP contribution in [-0.2, 0) is 0 Å². The van der Waals surface area contributed by atoms with E-state index >= 15 is 0 Å². The quantitative estimate of drug-likeness (QED) is 0.868. The van der Waals surface area contributed by atoms with Gasteiger partial charge in [-0.2, -0.15) is 0 Å². The third-order valence-electron chi connectivity index (χ3n) is 3.83. The minimum atomic E-state index is 0.159. The number of rotatable bonds is 3. The second-order valence-electron chi connectivity index (χ2n) is 5.36. The van der Waals surface area contributed by atoms with Crippen molar-refractivity contribution in [3.8, 4) is 11.5 Å². The van der Waals surface area contributed by atoms with Crippen molar-refractivity contribution in [3.05, 3.63) is 58.1 Å². The van der Waals surface area contributed by atoms with E-state index in [4.69, 9.17) is 4.74 Å². The normalized spacial score (nSPS) is 18.7. The summed E-state index contributed by atoms with van der Waals surface area (Å²) in [5, 5.41) is 13.2. The zero-order valence-corrected chi connectivity index (χ0v) is 13.4. The molecule has 0 fully saturated rings. The molecular formula is C17H18BrNO2. The third-order valence-corrected chi connectivity index (χ3v) is 4.33. The number of aromatic hydroxyl groups is 1. The summed E-state index contributed by atoms with van der Waals surface area (Å²) in [6.07, 6.45) is 0.937. The van der Waals surface area contributed by atoms with Crippen molar-refractivity contribution in [2.24, 2.45) is 0 Å². The lowest BCUT2D eigenvalue weighted by Crippen LogP contribution is -2.29. The number of fused-ring (bicyclic) bond motifs is 1. The van der Waals surface area contributed by atoms with Gasteiger partial charge in [0.05, 0.1) is 6.61 Å². The number of hydrogen-bond acceptors (Lipinski definition) is 3. The molecule has 0 saturated carbocycles. The average molecular weight is 348 g/mol. The number of hydrogen-bond donors (Lipinski definition) is 2. The second kappa shape index (κ2) is 6.08. The SMILES string of the molecule is CC(NC1CCOc2ccc(Br)cc21)c1cccc(O)c1. The maximum Gasteiger partial charge on any atom is 0.124 e. The number of ether oxygens (including phenoxy) is 1. The smallest absolute Gasteiger partial charge is 0.124 e. The minimum Gasteiger partial charge on any atom is -0.508 e. The fourth-order valence-corrected chi connectivity index (χ4v) is 3.11. The van der Waals surface area contributed by atoms with Crippen molar-refractivity contribution in [3.63, 3.8) is 0 Å². The van der Waals surface area contributed by atoms with E-state index in [2.05, 4.69) is 34.2 Å². The fourth-order valence-electron chi connectivity index (χ4n) is 2.73. The molecule has 1 heterocycles. The molecule has 2 atom stereocenters. The van der Waals surface area contributed by atoms with Gasteiger partial charge in [0.15, 0.2) is 0 Å². The van der Waals surface area contributed by atoms with Crippen LogP contribution >= 0.6 is 15.9 Å². The largest absolute Gasteiger partial charge is 0.508 e. The lowest BCUT2D eigenvalue weighted by molar-refractivity contribution is 0.246. The van der Waals surface area contributed by atoms with Gasteiger partial charge in [-0.25, -0.2) is 0 Å². The van der Waals surface area contributed by atoms with Gasteiger partial charge in [-0.15, -0.1) is 0 Å². The summed E-state index contributed by atoms with van der Waals surface area (Å²) in [5.41, 5.74) is 2.26. The first-order valence-electron chi connectivity index (χ1n) is 7.11. The summed E-state index contributed by atoms with van der Waals surface area (Å²) in [4.78, 5) is 0. The molecule has 4 heteroatoms. The molecule has 110 valence electrons. The molecule has 0 radical (unpaired) electrons. The number of nitrogens with one attached hydrogen (secondary N) is 1. The molecule has 0 saturated heterocycles. The van der Waals surface area contributed by atoms with Crippen LogP contribution in [-0.4, -0.2) is 11.7 Å². The van der Waals surface area contributed by atoms with E-state index in [9.17, 15) is 5.11 Å². The Morgan fingerprint density at radius 1 is 1.29 bits per heavy atom. The van der Waals surface area contributed by atoms with Gasteiger partial charge in [-0.05, 0) is 42.8 Å². The molecule has 2 N–H and O–H groups in total. The van der Waals surface area contributed by atoms with Gasteiger partial charge in [-0.1, -0.05) is 28.1 Å². The summed E-state index contributed by atoms with van der Waals surface area (Å²) in [6, 6.07) is 13.9. The Hall–Kier alpha value is -1.52. The van der Waals surface area contributed by atoms with E-state index in [1.54, 1.807) is 12.1 Å². The monoisotopic (exact) mass is 347 g/mol. The van der Waals surface area contributed by atoms with Gasteiger partial charge < -0.3 is 15.2 Å². The van der Waals surface area contributed by atoms with E-state index in [-0.39, 0.29) is 12.1 Å². The zero-order chi connectivity index (χ0) is 14.8. The molecule has 0 aliphatic carbocycles. The van der Waals surface area contributed by atoms with Crippen LogP contribution in [0.3, 0.4) is 0 Å². The van der Waals surface area contributed by atoms with Gasteiger partial charge in [0, 0.05) is 28.5 Å². The zero-order valence-electron chi connectivity index (χ0n) is 11.8. The van der Waals surface area contributed by atoms with Gasteiger partial charge in [-0.3, -0.25) is 0 Å². The lowest BCUT2D eigenvalue weighted by Gasteiger charge is -2.29. The predicted molar refractivity (Wildman–Crippen MR) is 86.7 cm³/mol. The molecule has 0 bridgehead atoms. The summed E-state index contributed by atoms with van der Waals surface area (Å²) in [5.74, 6) is 1.25. The van der Waals surface area contributed by atoms with Crippen molar-refractivity contribution in [1.29, 1.82) is 0 Å². The van der Waals surface area contributed by atoms with Gasteiger partial charge in [0.25, 0.3) is 0 Å². The Bertz CT molecular complexity index is 644. The van der Waals surface area contributed by atoms with E-state index in [0.717, 1.165) is 28.8 Å². The summed E-state index contributed by atoms with van der Waals surface area (Å²) in [6.45, 7) is 2.83. The van der Waals surface area contributed by atoms with Crippen molar-refractivity contribution in [2.75, 3.05) is 6.61 Å². The number of halogens is 1. The van der Waals surface area contributed by atoms with Crippen LogP contribution in [0.2, 0.25) is 0 Å². The molecule has 3 nitrogen and oxygen atoms in total. The topological polar surface area (TPSA) is 41.5 Å². The van der Waals surface area contributed by atoms with E-state index in [1.807, 2.05) is 24.3 Å². The van der Waals surface area contributed by atoms with Crippen LogP contribution in [0.4, 0.5) is 0 Å². The highest BCUT2D eigenvalue weighted by molar-refractivity contribution is 9.10. The molecule has 2 aromatic carbocycles. The van der Waals surface area contributed by atoms with Crippen LogP contribution in [0, 0.1) is 0 Å². The predicted octanol–water partition coefficient (Wildman–Crippen LogP) is 4.33. The summed E-state index contributed by atoms with van der Waals surface area (Å²) in [7, 11) is 0. The minimum absolute atomic E-state index is 0.159. The Kier molecular flexibility index (Phi) is 4.17. The van der Waals surface area contributed by atoms with E-state index < -0.39 is 0 Å². The molecule has 2 unspecified atom stereocenters. The molecule has 21 heavy (non-hydrogen) atoms. The Balaban J connectivity index is 1.81. The average Bonchev–Trinajstić information content (AvgIpc) is 2.48. The van der Waals surface area contributed by atoms with Crippen molar-refractivity contribution < 1.29 is 9.84 Å². The standard InChI is InChI=1S/C17H18BrNO2/c1-11(12-3-2-4-14(20)9-12)19-16-7-8-21-17-6-5-13(18)10-15(16)17/h2-6,9-11,16,19-20H,7-8H2,1H3. The highest BCUT2D eigenvalue weighted by Crippen LogP contribution is 2.35. The van der Waals surface area contributed by atoms with Crippen LogP contribution in [0.15, 0.2) is 46.9 Å². The van der Waals surface area contributed by atoms with E-state index in [1.165, 1.54) is 5.56 Å². The van der Waals surface area contributed by atoms with E-state index in [0.29, 0.717) is 5.75 Å². The van der Waals surface area contributed by atoms with Crippen molar-refractivity contribution >= 4 is 15.9 Å². The van der Waals surface area contributed by atoms with Gasteiger partial charge in [0.2, 0.25) is 0 Å². The highest BCUT2D eigenvalue weighted by Gasteiger charge is 2.23. The molecule has 0 aromatic heterocycles. The van der Waals surface area contributed by atoms with Crippen LogP contribution < -0.4 is 10.1 Å². The molecular weight excluding hydrogens is 330 g/mol. The van der Waals surface area contributed by atoms with Gasteiger partial charge in [0.1, 0.15) is 11.5 Å². The molecule has 3 rings (SSSR count). The van der Waals surface area contributed by atoms with Gasteiger partial charge >= 0.3 is 0 Å².